The fraction of sp³-hybridized carbons (Fsp3) is 0.960. The van der Waals surface area contributed by atoms with Crippen molar-refractivity contribution < 1.29 is 38.0 Å². The molecule has 0 amide bonds. The number of carbonyl (C=O) groups excluding carboxylic acids is 1. The van der Waals surface area contributed by atoms with E-state index >= 15 is 0 Å². The molecule has 0 aliphatic rings. The maximum atomic E-state index is 12.7. The van der Waals surface area contributed by atoms with Crippen LogP contribution in [0.3, 0.4) is 0 Å². The first-order chi connectivity index (χ1) is 16.0. The molecule has 0 aromatic carbocycles. The Balaban J connectivity index is 4.10. The smallest absolute Gasteiger partial charge is 0.394 e. The number of nitrogens with zero attached hydrogens (tertiary/aromatic N) is 1. The highest BCUT2D eigenvalue weighted by atomic mass is 31.2. The Labute approximate surface area is 208 Å². The van der Waals surface area contributed by atoms with Gasteiger partial charge in [0.05, 0.1) is 34.4 Å². The van der Waals surface area contributed by atoms with Crippen molar-refractivity contribution in [3.63, 3.8) is 0 Å². The van der Waals surface area contributed by atoms with E-state index in [-0.39, 0.29) is 12.3 Å². The summed E-state index contributed by atoms with van der Waals surface area (Å²) in [5.74, 6) is -0.215. The van der Waals surface area contributed by atoms with Gasteiger partial charge in [0.15, 0.2) is 11.9 Å². The minimum atomic E-state index is -4.53. The molecule has 204 valence electrons. The van der Waals surface area contributed by atoms with Gasteiger partial charge in [-0.2, -0.15) is 0 Å². The third kappa shape index (κ3) is 21.0. The maximum Gasteiger partial charge on any atom is 0.473 e. The minimum absolute atomic E-state index is 0.215. The van der Waals surface area contributed by atoms with E-state index < -0.39 is 33.2 Å². The molecule has 0 saturated heterocycles. The molecule has 0 fully saturated rings. The van der Waals surface area contributed by atoms with Crippen LogP contribution in [-0.2, 0) is 18.4 Å². The number of carbonyl (C=O) groups is 1. The largest absolute Gasteiger partial charge is 0.473 e. The Hall–Kier alpha value is -0.340. The molecule has 0 heterocycles. The third-order valence-corrected chi connectivity index (χ3v) is 6.75. The van der Waals surface area contributed by atoms with Crippen molar-refractivity contribution in [3.05, 3.63) is 0 Å². The summed E-state index contributed by atoms with van der Waals surface area (Å²) in [7, 11) is 1.08. The number of unbranched alkanes of at least 4 members (excludes halogenated alkanes) is 13. The maximum absolute atomic E-state index is 12.7. The van der Waals surface area contributed by atoms with Crippen LogP contribution in [0.1, 0.15) is 103 Å². The van der Waals surface area contributed by atoms with Crippen LogP contribution in [-0.4, -0.2) is 78.5 Å². The molecule has 0 aromatic heterocycles. The van der Waals surface area contributed by atoms with Crippen molar-refractivity contribution in [1.29, 1.82) is 0 Å². The molecule has 8 nitrogen and oxygen atoms in total. The summed E-state index contributed by atoms with van der Waals surface area (Å²) in [5, 5.41) is 18.1. The molecule has 0 saturated carbocycles. The number of hydrogen-bond acceptors (Lipinski definition) is 6. The first-order valence-electron chi connectivity index (χ1n) is 13.3. The van der Waals surface area contributed by atoms with Gasteiger partial charge in [0, 0.05) is 6.42 Å². The SMILES string of the molecule is CCCCCCCCCCCCCCCCC(=O)C(C[N+](C)(C)C)OP(=O)(O)OCC(O)CO. The number of Topliss-reactive ketones (excluding diaryl/α,β-unsaturated/α-hetero) is 1. The molecule has 3 N–H and O–H groups in total. The highest BCUT2D eigenvalue weighted by Gasteiger charge is 2.34. The Kier molecular flexibility index (Phi) is 19.6. The van der Waals surface area contributed by atoms with E-state index in [1.807, 2.05) is 21.1 Å². The molecular weight excluding hydrogens is 457 g/mol. The summed E-state index contributed by atoms with van der Waals surface area (Å²) in [5.41, 5.74) is 0. The fourth-order valence-corrected chi connectivity index (χ4v) is 4.70. The molecule has 0 aliphatic heterocycles. The summed E-state index contributed by atoms with van der Waals surface area (Å²) in [6.07, 6.45) is 15.2. The molecule has 0 aromatic rings. The number of ketones is 1. The van der Waals surface area contributed by atoms with Crippen molar-refractivity contribution in [2.24, 2.45) is 0 Å². The Morgan fingerprint density at radius 1 is 0.853 bits per heavy atom. The van der Waals surface area contributed by atoms with Gasteiger partial charge < -0.3 is 19.6 Å². The van der Waals surface area contributed by atoms with Crippen molar-refractivity contribution in [1.82, 2.24) is 0 Å². The Bertz CT molecular complexity index is 554. The third-order valence-electron chi connectivity index (χ3n) is 5.75. The molecule has 0 aliphatic carbocycles. The van der Waals surface area contributed by atoms with Gasteiger partial charge in [0.25, 0.3) is 0 Å². The minimum Gasteiger partial charge on any atom is -0.394 e. The van der Waals surface area contributed by atoms with Gasteiger partial charge in [-0.3, -0.25) is 13.8 Å². The zero-order valence-corrected chi connectivity index (χ0v) is 23.1. The lowest BCUT2D eigenvalue weighted by Crippen LogP contribution is -2.45. The first-order valence-corrected chi connectivity index (χ1v) is 14.8. The molecule has 0 rings (SSSR count). The molecule has 3 atom stereocenters. The van der Waals surface area contributed by atoms with Crippen molar-refractivity contribution in [2.75, 3.05) is 40.9 Å². The number of hydrogen-bond donors (Lipinski definition) is 3. The number of likely N-dealkylation sites (N-methyl/N-ethyl adjacent to an activating group) is 1. The van der Waals surface area contributed by atoms with E-state index in [0.717, 1.165) is 19.3 Å². The quantitative estimate of drug-likeness (QED) is 0.0952. The van der Waals surface area contributed by atoms with Crippen LogP contribution in [0.5, 0.6) is 0 Å². The molecular formula is C25H53NO7P+. The number of aliphatic hydroxyl groups is 2. The fourth-order valence-electron chi connectivity index (χ4n) is 3.77. The van der Waals surface area contributed by atoms with Crippen LogP contribution >= 0.6 is 7.82 Å². The van der Waals surface area contributed by atoms with Gasteiger partial charge in [-0.15, -0.1) is 0 Å². The predicted octanol–water partition coefficient (Wildman–Crippen LogP) is 4.99. The van der Waals surface area contributed by atoms with Crippen LogP contribution in [0.15, 0.2) is 0 Å². The summed E-state index contributed by atoms with van der Waals surface area (Å²) in [6.45, 7) is 1.33. The van der Waals surface area contributed by atoms with Gasteiger partial charge in [-0.25, -0.2) is 4.57 Å². The topological polar surface area (TPSA) is 113 Å². The summed E-state index contributed by atoms with van der Waals surface area (Å²) < 4.78 is 22.5. The standard InChI is InChI=1S/C25H52NO7P/c1-5-6-7-8-9-10-11-12-13-14-15-16-17-18-19-24(29)25(20-26(2,3)4)33-34(30,31)32-22-23(28)21-27/h23,25,27-28H,5-22H2,1-4H3/p+1. The lowest BCUT2D eigenvalue weighted by atomic mass is 10.0. The van der Waals surface area contributed by atoms with Gasteiger partial charge in [0.2, 0.25) is 0 Å². The van der Waals surface area contributed by atoms with Crippen molar-refractivity contribution >= 4 is 13.6 Å². The number of rotatable bonds is 24. The molecule has 0 spiro atoms. The van der Waals surface area contributed by atoms with Crippen LogP contribution in [0.25, 0.3) is 0 Å². The van der Waals surface area contributed by atoms with Crippen molar-refractivity contribution in [3.8, 4) is 0 Å². The molecule has 9 heteroatoms. The second-order valence-corrected chi connectivity index (χ2v) is 11.9. The lowest BCUT2D eigenvalue weighted by molar-refractivity contribution is -0.872. The Morgan fingerprint density at radius 3 is 1.71 bits per heavy atom. The van der Waals surface area contributed by atoms with Crippen LogP contribution in [0, 0.1) is 0 Å². The summed E-state index contributed by atoms with van der Waals surface area (Å²) in [6, 6.07) is 0. The molecule has 3 unspecified atom stereocenters. The van der Waals surface area contributed by atoms with Gasteiger partial charge >= 0.3 is 7.82 Å². The summed E-state index contributed by atoms with van der Waals surface area (Å²) >= 11 is 0. The van der Waals surface area contributed by atoms with Gasteiger partial charge in [-0.1, -0.05) is 90.4 Å². The van der Waals surface area contributed by atoms with E-state index in [1.54, 1.807) is 0 Å². The highest BCUT2D eigenvalue weighted by Crippen LogP contribution is 2.45. The van der Waals surface area contributed by atoms with Crippen LogP contribution < -0.4 is 0 Å². The normalized spacial score (nSPS) is 15.7. The second-order valence-electron chi connectivity index (χ2n) is 10.5. The van der Waals surface area contributed by atoms with Gasteiger partial charge in [-0.05, 0) is 6.42 Å². The summed E-state index contributed by atoms with van der Waals surface area (Å²) in [4.78, 5) is 22.6. The first kappa shape index (κ1) is 33.7. The average Bonchev–Trinajstić information content (AvgIpc) is 2.76. The lowest BCUT2D eigenvalue weighted by Gasteiger charge is -2.29. The number of aliphatic hydroxyl groups excluding tert-OH is 2. The van der Waals surface area contributed by atoms with Crippen LogP contribution in [0.2, 0.25) is 0 Å². The zero-order chi connectivity index (χ0) is 25.9. The van der Waals surface area contributed by atoms with E-state index in [0.29, 0.717) is 10.9 Å². The predicted molar refractivity (Wildman–Crippen MR) is 137 cm³/mol. The van der Waals surface area contributed by atoms with Crippen molar-refractivity contribution in [2.45, 2.75) is 115 Å². The number of quaternary nitrogens is 1. The Morgan fingerprint density at radius 2 is 1.29 bits per heavy atom. The highest BCUT2D eigenvalue weighted by molar-refractivity contribution is 7.47. The second kappa shape index (κ2) is 19.8. The monoisotopic (exact) mass is 510 g/mol. The zero-order valence-electron chi connectivity index (χ0n) is 22.3. The van der Waals surface area contributed by atoms with E-state index in [1.165, 1.54) is 70.6 Å². The molecule has 0 bridgehead atoms. The van der Waals surface area contributed by atoms with Gasteiger partial charge in [0.1, 0.15) is 12.6 Å². The van der Waals surface area contributed by atoms with E-state index in [9.17, 15) is 19.4 Å². The van der Waals surface area contributed by atoms with E-state index in [4.69, 9.17) is 14.2 Å². The average molecular weight is 511 g/mol. The number of phosphoric ester groups is 1. The number of phosphoric acid groups is 1. The molecule has 34 heavy (non-hydrogen) atoms. The van der Waals surface area contributed by atoms with Crippen LogP contribution in [0.4, 0.5) is 0 Å². The van der Waals surface area contributed by atoms with E-state index in [2.05, 4.69) is 6.92 Å². The molecule has 0 radical (unpaired) electrons.